The average molecular weight is 304 g/mol. The zero-order chi connectivity index (χ0) is 15.1. The molecule has 0 saturated carbocycles. The number of benzene rings is 2. The lowest BCUT2D eigenvalue weighted by Gasteiger charge is -2.10. The van der Waals surface area contributed by atoms with Gasteiger partial charge in [0.15, 0.2) is 0 Å². The molecule has 0 radical (unpaired) electrons. The number of nitrogens with one attached hydrogen (secondary N) is 1. The maximum absolute atomic E-state index is 11.6. The number of thioether (sulfide) groups is 1. The van der Waals surface area contributed by atoms with Gasteiger partial charge in [-0.1, -0.05) is 24.3 Å². The third-order valence-electron chi connectivity index (χ3n) is 2.73. The molecule has 1 amide bonds. The molecule has 0 unspecified atom stereocenters. The van der Waals surface area contributed by atoms with E-state index < -0.39 is 0 Å². The zero-order valence-corrected chi connectivity index (χ0v) is 12.1. The number of hydrogen-bond acceptors (Lipinski definition) is 5. The van der Waals surface area contributed by atoms with Gasteiger partial charge in [-0.2, -0.15) is 0 Å². The average Bonchev–Trinajstić information content (AvgIpc) is 2.52. The molecule has 6 heteroatoms. The highest BCUT2D eigenvalue weighted by Gasteiger charge is 2.10. The number of nitrogens with two attached hydrogens (primary N) is 1. The molecule has 0 spiro atoms. The molecule has 0 aliphatic rings. The number of para-hydroxylation sites is 2. The van der Waals surface area contributed by atoms with Gasteiger partial charge >= 0.3 is 0 Å². The summed E-state index contributed by atoms with van der Waals surface area (Å²) >= 11 is 1.49. The number of hydrogen-bond donors (Lipinski definition) is 3. The molecule has 0 aliphatic heterocycles. The van der Waals surface area contributed by atoms with Crippen molar-refractivity contribution < 1.29 is 14.6 Å². The highest BCUT2D eigenvalue weighted by molar-refractivity contribution is 7.99. The maximum Gasteiger partial charge on any atom is 0.268 e. The molecular weight excluding hydrogens is 288 g/mol. The molecule has 2 rings (SSSR count). The van der Waals surface area contributed by atoms with Gasteiger partial charge in [0.1, 0.15) is 11.5 Å². The monoisotopic (exact) mass is 304 g/mol. The first-order valence-electron chi connectivity index (χ1n) is 6.36. The first-order valence-corrected chi connectivity index (χ1v) is 7.34. The van der Waals surface area contributed by atoms with Crippen LogP contribution in [0.5, 0.6) is 11.5 Å². The van der Waals surface area contributed by atoms with Crippen LogP contribution in [-0.4, -0.2) is 23.4 Å². The van der Waals surface area contributed by atoms with E-state index in [0.29, 0.717) is 23.7 Å². The van der Waals surface area contributed by atoms with Crippen LogP contribution >= 0.6 is 11.8 Å². The van der Waals surface area contributed by atoms with Gasteiger partial charge in [-0.25, -0.2) is 5.84 Å². The van der Waals surface area contributed by atoms with Crippen molar-refractivity contribution in [3.63, 3.8) is 0 Å². The Morgan fingerprint density at radius 3 is 2.67 bits per heavy atom. The summed E-state index contributed by atoms with van der Waals surface area (Å²) in [6.07, 6.45) is 0. The first-order chi connectivity index (χ1) is 10.2. The highest BCUT2D eigenvalue weighted by atomic mass is 32.2. The van der Waals surface area contributed by atoms with Crippen molar-refractivity contribution in [2.75, 3.05) is 12.4 Å². The number of ether oxygens (including phenoxy) is 1. The summed E-state index contributed by atoms with van der Waals surface area (Å²) in [5.74, 6) is 6.13. The van der Waals surface area contributed by atoms with Gasteiger partial charge < -0.3 is 9.84 Å². The smallest absolute Gasteiger partial charge is 0.268 e. The second-order valence-electron chi connectivity index (χ2n) is 4.13. The van der Waals surface area contributed by atoms with E-state index in [1.807, 2.05) is 12.1 Å². The van der Waals surface area contributed by atoms with Gasteiger partial charge in [0.05, 0.1) is 12.2 Å². The Bertz CT molecular complexity index is 619. The summed E-state index contributed by atoms with van der Waals surface area (Å²) in [4.78, 5) is 12.4. The third-order valence-corrected chi connectivity index (χ3v) is 3.75. The van der Waals surface area contributed by atoms with Crippen LogP contribution in [0.4, 0.5) is 0 Å². The number of phenolic OH excluding ortho intramolecular Hbond substituents is 1. The maximum atomic E-state index is 11.6. The van der Waals surface area contributed by atoms with Gasteiger partial charge in [0.25, 0.3) is 5.91 Å². The Morgan fingerprint density at radius 1 is 1.19 bits per heavy atom. The summed E-state index contributed by atoms with van der Waals surface area (Å²) < 4.78 is 5.60. The number of carbonyl (C=O) groups excluding carboxylic acids is 1. The van der Waals surface area contributed by atoms with Crippen LogP contribution in [0.15, 0.2) is 53.4 Å². The van der Waals surface area contributed by atoms with Crippen LogP contribution in [0, 0.1) is 0 Å². The highest BCUT2D eigenvalue weighted by Crippen LogP contribution is 2.27. The molecule has 0 aromatic heterocycles. The lowest BCUT2D eigenvalue weighted by Crippen LogP contribution is -2.30. The molecule has 0 saturated heterocycles. The van der Waals surface area contributed by atoms with E-state index in [1.165, 1.54) is 11.8 Å². The number of carbonyl (C=O) groups is 1. The van der Waals surface area contributed by atoms with Gasteiger partial charge in [0, 0.05) is 10.6 Å². The van der Waals surface area contributed by atoms with Gasteiger partial charge in [0.2, 0.25) is 0 Å². The molecule has 21 heavy (non-hydrogen) atoms. The predicted molar refractivity (Wildman–Crippen MR) is 82.4 cm³/mol. The standard InChI is InChI=1S/C15H16N2O3S/c16-17-15(19)11-5-1-3-7-13(11)20-9-10-21-14-8-4-2-6-12(14)18/h1-8,18H,9-10,16H2,(H,17,19). The number of aromatic hydroxyl groups is 1. The number of nitrogen functional groups attached to an aromatic ring is 1. The van der Waals surface area contributed by atoms with Crippen LogP contribution in [0.25, 0.3) is 0 Å². The van der Waals surface area contributed by atoms with Crippen molar-refractivity contribution in [3.8, 4) is 11.5 Å². The summed E-state index contributed by atoms with van der Waals surface area (Å²) in [6, 6.07) is 14.0. The second kappa shape index (κ2) is 7.56. The number of phenols is 1. The van der Waals surface area contributed by atoms with E-state index in [4.69, 9.17) is 10.6 Å². The summed E-state index contributed by atoms with van der Waals surface area (Å²) in [5.41, 5.74) is 2.48. The van der Waals surface area contributed by atoms with Crippen molar-refractivity contribution in [2.24, 2.45) is 5.84 Å². The Hall–Kier alpha value is -2.18. The number of amides is 1. The Morgan fingerprint density at radius 2 is 1.90 bits per heavy atom. The van der Waals surface area contributed by atoms with Crippen LogP contribution in [0.1, 0.15) is 10.4 Å². The molecule has 0 atom stereocenters. The van der Waals surface area contributed by atoms with E-state index >= 15 is 0 Å². The fourth-order valence-corrected chi connectivity index (χ4v) is 2.52. The Labute approximate surface area is 127 Å². The Balaban J connectivity index is 1.90. The normalized spacial score (nSPS) is 10.1. The fourth-order valence-electron chi connectivity index (χ4n) is 1.74. The zero-order valence-electron chi connectivity index (χ0n) is 11.3. The van der Waals surface area contributed by atoms with Crippen LogP contribution in [0.3, 0.4) is 0 Å². The fraction of sp³-hybridized carbons (Fsp3) is 0.133. The number of rotatable bonds is 6. The van der Waals surface area contributed by atoms with Crippen molar-refractivity contribution in [3.05, 3.63) is 54.1 Å². The molecular formula is C15H16N2O3S. The third kappa shape index (κ3) is 4.14. The van der Waals surface area contributed by atoms with Crippen molar-refractivity contribution >= 4 is 17.7 Å². The molecule has 2 aromatic carbocycles. The quantitative estimate of drug-likeness (QED) is 0.250. The van der Waals surface area contributed by atoms with E-state index in [1.54, 1.807) is 36.4 Å². The molecule has 110 valence electrons. The van der Waals surface area contributed by atoms with Crippen molar-refractivity contribution in [1.82, 2.24) is 5.43 Å². The minimum atomic E-state index is -0.390. The lowest BCUT2D eigenvalue weighted by atomic mass is 10.2. The van der Waals surface area contributed by atoms with Gasteiger partial charge in [-0.15, -0.1) is 11.8 Å². The van der Waals surface area contributed by atoms with Crippen molar-refractivity contribution in [1.29, 1.82) is 0 Å². The first kappa shape index (κ1) is 15.2. The van der Waals surface area contributed by atoms with Crippen molar-refractivity contribution in [2.45, 2.75) is 4.90 Å². The summed E-state index contributed by atoms with van der Waals surface area (Å²) in [6.45, 7) is 0.411. The molecule has 4 N–H and O–H groups in total. The lowest BCUT2D eigenvalue weighted by molar-refractivity contribution is 0.0950. The summed E-state index contributed by atoms with van der Waals surface area (Å²) in [7, 11) is 0. The largest absolute Gasteiger partial charge is 0.507 e. The SMILES string of the molecule is NNC(=O)c1ccccc1OCCSc1ccccc1O. The van der Waals surface area contributed by atoms with E-state index in [9.17, 15) is 9.90 Å². The van der Waals surface area contributed by atoms with Crippen LogP contribution in [0.2, 0.25) is 0 Å². The minimum absolute atomic E-state index is 0.255. The van der Waals surface area contributed by atoms with Gasteiger partial charge in [-0.05, 0) is 24.3 Å². The Kier molecular flexibility index (Phi) is 5.48. The van der Waals surface area contributed by atoms with E-state index in [-0.39, 0.29) is 11.7 Å². The van der Waals surface area contributed by atoms with Gasteiger partial charge in [-0.3, -0.25) is 10.2 Å². The minimum Gasteiger partial charge on any atom is -0.507 e. The van der Waals surface area contributed by atoms with E-state index in [0.717, 1.165) is 4.90 Å². The second-order valence-corrected chi connectivity index (χ2v) is 5.27. The molecule has 5 nitrogen and oxygen atoms in total. The molecule has 0 fully saturated rings. The topological polar surface area (TPSA) is 84.6 Å². The van der Waals surface area contributed by atoms with E-state index in [2.05, 4.69) is 5.43 Å². The molecule has 2 aromatic rings. The molecule has 0 heterocycles. The summed E-state index contributed by atoms with van der Waals surface area (Å²) in [5, 5.41) is 9.65. The number of hydrazine groups is 1. The van der Waals surface area contributed by atoms with Crippen LogP contribution in [-0.2, 0) is 0 Å². The molecule has 0 aliphatic carbocycles. The predicted octanol–water partition coefficient (Wildman–Crippen LogP) is 2.17. The van der Waals surface area contributed by atoms with Crippen LogP contribution < -0.4 is 16.0 Å². The molecule has 0 bridgehead atoms.